The van der Waals surface area contributed by atoms with E-state index in [9.17, 15) is 9.18 Å². The van der Waals surface area contributed by atoms with Gasteiger partial charge in [0.2, 0.25) is 5.78 Å². The number of nitrogens with zero attached hydrogens (tertiary/aromatic N) is 1. The topological polar surface area (TPSA) is 38.8 Å². The van der Waals surface area contributed by atoms with Crippen LogP contribution in [0.15, 0.2) is 54.3 Å². The molecular formula is C25H18Cl2FNO3. The fourth-order valence-corrected chi connectivity index (χ4v) is 4.35. The average molecular weight is 470 g/mol. The number of halogens is 3. The van der Waals surface area contributed by atoms with Crippen molar-refractivity contribution in [2.24, 2.45) is 0 Å². The molecule has 3 aromatic carbocycles. The Bertz CT molecular complexity index is 1290. The molecule has 0 saturated heterocycles. The second kappa shape index (κ2) is 8.24. The van der Waals surface area contributed by atoms with Gasteiger partial charge in [-0.3, -0.25) is 9.69 Å². The molecule has 2 aliphatic rings. The van der Waals surface area contributed by atoms with Crippen LogP contribution in [0.2, 0.25) is 10.0 Å². The Morgan fingerprint density at radius 3 is 2.69 bits per heavy atom. The molecule has 0 bridgehead atoms. The molecule has 0 spiro atoms. The normalized spacial score (nSPS) is 16.5. The number of rotatable bonds is 3. The zero-order chi connectivity index (χ0) is 22.4. The van der Waals surface area contributed by atoms with E-state index in [4.69, 9.17) is 32.7 Å². The molecule has 32 heavy (non-hydrogen) atoms. The van der Waals surface area contributed by atoms with Crippen LogP contribution in [0.25, 0.3) is 6.08 Å². The predicted octanol–water partition coefficient (Wildman–Crippen LogP) is 6.41. The standard InChI is InChI=1S/C25H18Cl2FNO3/c1-14-24-17(12-29(13-31-24)11-15-6-7-19(26)20(27)8-15)9-18-23(30)22(32-25(14)18)10-16-4-2-3-5-21(16)28/h2-10H,11-13H2,1H3/b22-10-. The largest absolute Gasteiger partial charge is 0.477 e. The molecule has 0 aromatic heterocycles. The molecule has 3 aromatic rings. The van der Waals surface area contributed by atoms with Gasteiger partial charge in [-0.1, -0.05) is 47.5 Å². The van der Waals surface area contributed by atoms with E-state index < -0.39 is 5.82 Å². The zero-order valence-electron chi connectivity index (χ0n) is 17.1. The van der Waals surface area contributed by atoms with Crippen LogP contribution in [0.3, 0.4) is 0 Å². The summed E-state index contributed by atoms with van der Waals surface area (Å²) in [6.45, 7) is 3.48. The lowest BCUT2D eigenvalue weighted by atomic mass is 10.00. The fourth-order valence-electron chi connectivity index (χ4n) is 4.03. The summed E-state index contributed by atoms with van der Waals surface area (Å²) in [5.74, 6) is 0.604. The summed E-state index contributed by atoms with van der Waals surface area (Å²) in [6, 6.07) is 13.6. The molecule has 0 saturated carbocycles. The van der Waals surface area contributed by atoms with Gasteiger partial charge in [-0.2, -0.15) is 0 Å². The van der Waals surface area contributed by atoms with Gasteiger partial charge in [0.05, 0.1) is 15.6 Å². The van der Waals surface area contributed by atoms with Gasteiger partial charge in [-0.15, -0.1) is 0 Å². The quantitative estimate of drug-likeness (QED) is 0.415. The SMILES string of the molecule is Cc1c2c(cc3c1O/C(=C\c1ccccc1F)C3=O)CN(Cc1ccc(Cl)c(Cl)c1)CO2. The maximum Gasteiger partial charge on any atom is 0.231 e. The van der Waals surface area contributed by atoms with Crippen LogP contribution in [-0.2, 0) is 13.1 Å². The highest BCUT2D eigenvalue weighted by Crippen LogP contribution is 2.43. The Labute approximate surface area is 194 Å². The van der Waals surface area contributed by atoms with Crippen molar-refractivity contribution in [2.45, 2.75) is 20.0 Å². The number of carbonyl (C=O) groups excluding carboxylic acids is 1. The minimum atomic E-state index is -0.412. The van der Waals surface area contributed by atoms with E-state index in [0.29, 0.717) is 52.5 Å². The van der Waals surface area contributed by atoms with Crippen molar-refractivity contribution < 1.29 is 18.7 Å². The lowest BCUT2D eigenvalue weighted by Crippen LogP contribution is -2.32. The first-order chi connectivity index (χ1) is 15.4. The highest BCUT2D eigenvalue weighted by molar-refractivity contribution is 6.42. The monoisotopic (exact) mass is 469 g/mol. The Hall–Kier alpha value is -2.86. The lowest BCUT2D eigenvalue weighted by Gasteiger charge is -2.30. The van der Waals surface area contributed by atoms with Gasteiger partial charge in [0, 0.05) is 29.8 Å². The number of ketones is 1. The summed E-state index contributed by atoms with van der Waals surface area (Å²) >= 11 is 12.1. The summed E-state index contributed by atoms with van der Waals surface area (Å²) in [5, 5.41) is 1.02. The molecule has 0 radical (unpaired) electrons. The zero-order valence-corrected chi connectivity index (χ0v) is 18.6. The highest BCUT2D eigenvalue weighted by Gasteiger charge is 2.33. The molecule has 7 heteroatoms. The third-order valence-corrected chi connectivity index (χ3v) is 6.32. The summed E-state index contributed by atoms with van der Waals surface area (Å²) in [5.41, 5.74) is 3.44. The number of hydrogen-bond acceptors (Lipinski definition) is 4. The molecule has 0 N–H and O–H groups in total. The van der Waals surface area contributed by atoms with Crippen LogP contribution in [0.4, 0.5) is 4.39 Å². The first-order valence-corrected chi connectivity index (χ1v) is 10.8. The Balaban J connectivity index is 1.42. The van der Waals surface area contributed by atoms with E-state index in [1.165, 1.54) is 12.1 Å². The minimum Gasteiger partial charge on any atom is -0.477 e. The van der Waals surface area contributed by atoms with Gasteiger partial charge in [0.1, 0.15) is 24.0 Å². The number of ether oxygens (including phenoxy) is 2. The van der Waals surface area contributed by atoms with E-state index in [0.717, 1.165) is 16.7 Å². The van der Waals surface area contributed by atoms with Crippen LogP contribution in [-0.4, -0.2) is 17.4 Å². The number of Topliss-reactive ketones (excluding diaryl/α,β-unsaturated/α-hetero) is 1. The smallest absolute Gasteiger partial charge is 0.231 e. The molecule has 0 atom stereocenters. The van der Waals surface area contributed by atoms with Crippen molar-refractivity contribution in [3.63, 3.8) is 0 Å². The second-order valence-corrected chi connectivity index (χ2v) is 8.65. The van der Waals surface area contributed by atoms with Crippen LogP contribution in [0.5, 0.6) is 11.5 Å². The molecule has 162 valence electrons. The maximum atomic E-state index is 14.0. The van der Waals surface area contributed by atoms with Crippen molar-refractivity contribution in [2.75, 3.05) is 6.73 Å². The number of fused-ring (bicyclic) bond motifs is 2. The second-order valence-electron chi connectivity index (χ2n) is 7.84. The third kappa shape index (κ3) is 3.77. The van der Waals surface area contributed by atoms with E-state index in [-0.39, 0.29) is 11.5 Å². The molecule has 2 heterocycles. The Morgan fingerprint density at radius 2 is 1.91 bits per heavy atom. The molecule has 4 nitrogen and oxygen atoms in total. The number of hydrogen-bond donors (Lipinski definition) is 0. The van der Waals surface area contributed by atoms with Crippen LogP contribution in [0.1, 0.15) is 32.6 Å². The molecular weight excluding hydrogens is 452 g/mol. The first kappa shape index (κ1) is 21.0. The van der Waals surface area contributed by atoms with Crippen molar-refractivity contribution >= 4 is 35.1 Å². The minimum absolute atomic E-state index is 0.100. The van der Waals surface area contributed by atoms with Crippen molar-refractivity contribution in [1.29, 1.82) is 0 Å². The molecule has 0 unspecified atom stereocenters. The number of benzene rings is 3. The number of allylic oxidation sites excluding steroid dienone is 1. The Morgan fingerprint density at radius 1 is 1.09 bits per heavy atom. The molecule has 0 fully saturated rings. The lowest BCUT2D eigenvalue weighted by molar-refractivity contribution is 0.0876. The van der Waals surface area contributed by atoms with Gasteiger partial charge in [0.15, 0.2) is 5.76 Å². The maximum absolute atomic E-state index is 14.0. The van der Waals surface area contributed by atoms with Crippen LogP contribution < -0.4 is 9.47 Å². The molecule has 5 rings (SSSR count). The molecule has 2 aliphatic heterocycles. The van der Waals surface area contributed by atoms with Gasteiger partial charge in [0.25, 0.3) is 0 Å². The first-order valence-electron chi connectivity index (χ1n) is 10.0. The third-order valence-electron chi connectivity index (χ3n) is 5.58. The van der Waals surface area contributed by atoms with Crippen molar-refractivity contribution in [3.05, 3.63) is 98.0 Å². The Kier molecular flexibility index (Phi) is 5.41. The number of carbonyl (C=O) groups is 1. The van der Waals surface area contributed by atoms with Crippen LogP contribution in [0, 0.1) is 12.7 Å². The molecule has 0 aliphatic carbocycles. The average Bonchev–Trinajstić information content (AvgIpc) is 3.08. The fraction of sp³-hybridized carbons (Fsp3) is 0.160. The van der Waals surface area contributed by atoms with Crippen molar-refractivity contribution in [3.8, 4) is 11.5 Å². The van der Waals surface area contributed by atoms with E-state index in [1.807, 2.05) is 25.1 Å². The molecule has 0 amide bonds. The van der Waals surface area contributed by atoms with E-state index in [2.05, 4.69) is 4.90 Å². The summed E-state index contributed by atoms with van der Waals surface area (Å²) in [4.78, 5) is 15.1. The van der Waals surface area contributed by atoms with Crippen molar-refractivity contribution in [1.82, 2.24) is 4.90 Å². The highest BCUT2D eigenvalue weighted by atomic mass is 35.5. The van der Waals surface area contributed by atoms with Crippen LogP contribution >= 0.6 is 23.2 Å². The van der Waals surface area contributed by atoms with Gasteiger partial charge in [-0.25, -0.2) is 4.39 Å². The summed E-state index contributed by atoms with van der Waals surface area (Å²) in [7, 11) is 0. The van der Waals surface area contributed by atoms with Gasteiger partial charge in [-0.05, 0) is 42.8 Å². The van der Waals surface area contributed by atoms with Gasteiger partial charge >= 0.3 is 0 Å². The summed E-state index contributed by atoms with van der Waals surface area (Å²) in [6.07, 6.45) is 1.44. The summed E-state index contributed by atoms with van der Waals surface area (Å²) < 4.78 is 25.9. The van der Waals surface area contributed by atoms with Gasteiger partial charge < -0.3 is 9.47 Å². The predicted molar refractivity (Wildman–Crippen MR) is 122 cm³/mol. The van der Waals surface area contributed by atoms with E-state index >= 15 is 0 Å². The van der Waals surface area contributed by atoms with E-state index in [1.54, 1.807) is 24.3 Å².